The number of amides is 1. The highest BCUT2D eigenvalue weighted by molar-refractivity contribution is 14.0. The van der Waals surface area contributed by atoms with Crippen molar-refractivity contribution in [2.24, 2.45) is 4.99 Å². The minimum Gasteiger partial charge on any atom is -0.459 e. The number of hydrogen-bond donors (Lipinski definition) is 1. The van der Waals surface area contributed by atoms with Gasteiger partial charge >= 0.3 is 0 Å². The van der Waals surface area contributed by atoms with Gasteiger partial charge in [0, 0.05) is 39.8 Å². The number of hydrogen-bond acceptors (Lipinski definition) is 3. The number of piperazine rings is 1. The van der Waals surface area contributed by atoms with Crippen LogP contribution in [0, 0.1) is 5.82 Å². The Hall–Kier alpha value is -2.10. The zero-order chi connectivity index (χ0) is 17.6. The van der Waals surface area contributed by atoms with Gasteiger partial charge in [-0.25, -0.2) is 4.39 Å². The summed E-state index contributed by atoms with van der Waals surface area (Å²) < 4.78 is 18.4. The molecule has 3 rings (SSSR count). The second-order valence-corrected chi connectivity index (χ2v) is 5.79. The molecule has 0 unspecified atom stereocenters. The zero-order valence-electron chi connectivity index (χ0n) is 14.5. The summed E-state index contributed by atoms with van der Waals surface area (Å²) in [6, 6.07) is 9.86. The van der Waals surface area contributed by atoms with Crippen LogP contribution < -0.4 is 5.32 Å². The molecule has 2 aromatic rings. The largest absolute Gasteiger partial charge is 0.459 e. The monoisotopic (exact) mass is 472 g/mol. The Kier molecular flexibility index (Phi) is 7.43. The summed E-state index contributed by atoms with van der Waals surface area (Å²) in [6.45, 7) is 3.04. The highest BCUT2D eigenvalue weighted by atomic mass is 127. The van der Waals surface area contributed by atoms with Crippen LogP contribution >= 0.6 is 24.0 Å². The van der Waals surface area contributed by atoms with E-state index in [-0.39, 0.29) is 35.7 Å². The van der Waals surface area contributed by atoms with Crippen molar-refractivity contribution in [2.75, 3.05) is 33.2 Å². The van der Waals surface area contributed by atoms with Crippen LogP contribution in [-0.2, 0) is 6.54 Å². The van der Waals surface area contributed by atoms with Crippen molar-refractivity contribution in [3.8, 4) is 0 Å². The maximum absolute atomic E-state index is 13.2. The van der Waals surface area contributed by atoms with Crippen molar-refractivity contribution >= 4 is 35.8 Å². The van der Waals surface area contributed by atoms with Crippen LogP contribution in [-0.4, -0.2) is 54.9 Å². The number of guanidine groups is 1. The molecule has 1 fully saturated rings. The second kappa shape index (κ2) is 9.56. The SMILES string of the molecule is CN=C(NCc1cccc(F)c1)N1CCN(C(=O)c2ccco2)CC1.I. The third-order valence-electron chi connectivity index (χ3n) is 4.15. The standard InChI is InChI=1S/C18H21FN4O2.HI/c1-20-18(21-13-14-4-2-5-15(19)12-14)23-9-7-22(8-10-23)17(24)16-6-3-11-25-16;/h2-6,11-12H,7-10,13H2,1H3,(H,20,21);1H. The topological polar surface area (TPSA) is 61.1 Å². The lowest BCUT2D eigenvalue weighted by Crippen LogP contribution is -2.53. The van der Waals surface area contributed by atoms with Crippen LogP contribution in [0.5, 0.6) is 0 Å². The quantitative estimate of drug-likeness (QED) is 0.424. The number of halogens is 2. The Morgan fingerprint density at radius 1 is 1.19 bits per heavy atom. The molecule has 0 spiro atoms. The number of carbonyl (C=O) groups is 1. The third kappa shape index (κ3) is 4.96. The summed E-state index contributed by atoms with van der Waals surface area (Å²) in [7, 11) is 1.72. The average Bonchev–Trinajstić information content (AvgIpc) is 3.17. The van der Waals surface area contributed by atoms with E-state index in [2.05, 4.69) is 15.2 Å². The van der Waals surface area contributed by atoms with E-state index in [0.29, 0.717) is 38.5 Å². The molecule has 1 aliphatic rings. The molecule has 0 bridgehead atoms. The maximum Gasteiger partial charge on any atom is 0.289 e. The van der Waals surface area contributed by atoms with Gasteiger partial charge in [0.25, 0.3) is 5.91 Å². The van der Waals surface area contributed by atoms with Gasteiger partial charge in [-0.1, -0.05) is 12.1 Å². The fourth-order valence-electron chi connectivity index (χ4n) is 2.84. The highest BCUT2D eigenvalue weighted by Crippen LogP contribution is 2.10. The van der Waals surface area contributed by atoms with Crippen LogP contribution in [0.3, 0.4) is 0 Å². The summed E-state index contributed by atoms with van der Waals surface area (Å²) in [5.74, 6) is 0.767. The number of aliphatic imine (C=N–C) groups is 1. The van der Waals surface area contributed by atoms with Crippen molar-refractivity contribution in [1.82, 2.24) is 15.1 Å². The van der Waals surface area contributed by atoms with Crippen LogP contribution in [0.15, 0.2) is 52.1 Å². The predicted molar refractivity (Wildman–Crippen MR) is 108 cm³/mol. The van der Waals surface area contributed by atoms with E-state index >= 15 is 0 Å². The first-order valence-corrected chi connectivity index (χ1v) is 8.20. The number of carbonyl (C=O) groups excluding carboxylic acids is 1. The third-order valence-corrected chi connectivity index (χ3v) is 4.15. The Morgan fingerprint density at radius 2 is 1.92 bits per heavy atom. The molecule has 26 heavy (non-hydrogen) atoms. The molecule has 0 radical (unpaired) electrons. The zero-order valence-corrected chi connectivity index (χ0v) is 16.9. The first-order chi connectivity index (χ1) is 12.2. The van der Waals surface area contributed by atoms with E-state index in [4.69, 9.17) is 4.42 Å². The fourth-order valence-corrected chi connectivity index (χ4v) is 2.84. The van der Waals surface area contributed by atoms with E-state index in [1.165, 1.54) is 18.4 Å². The molecule has 1 N–H and O–H groups in total. The lowest BCUT2D eigenvalue weighted by Gasteiger charge is -2.36. The van der Waals surface area contributed by atoms with E-state index < -0.39 is 0 Å². The van der Waals surface area contributed by atoms with Crippen molar-refractivity contribution in [1.29, 1.82) is 0 Å². The minimum absolute atomic E-state index is 0. The van der Waals surface area contributed by atoms with Crippen LogP contribution in [0.25, 0.3) is 0 Å². The van der Waals surface area contributed by atoms with Crippen LogP contribution in [0.4, 0.5) is 4.39 Å². The molecular weight excluding hydrogens is 450 g/mol. The van der Waals surface area contributed by atoms with Gasteiger partial charge in [-0.05, 0) is 29.8 Å². The Morgan fingerprint density at radius 3 is 2.54 bits per heavy atom. The molecule has 0 atom stereocenters. The van der Waals surface area contributed by atoms with E-state index in [0.717, 1.165) is 11.5 Å². The Bertz CT molecular complexity index is 743. The fraction of sp³-hybridized carbons (Fsp3) is 0.333. The van der Waals surface area contributed by atoms with Gasteiger partial charge in [0.05, 0.1) is 6.26 Å². The highest BCUT2D eigenvalue weighted by Gasteiger charge is 2.25. The van der Waals surface area contributed by atoms with Gasteiger partial charge in [0.2, 0.25) is 0 Å². The second-order valence-electron chi connectivity index (χ2n) is 5.79. The van der Waals surface area contributed by atoms with Gasteiger partial charge in [-0.2, -0.15) is 0 Å². The normalized spacial score (nSPS) is 14.8. The molecule has 1 aliphatic heterocycles. The molecule has 0 saturated carbocycles. The van der Waals surface area contributed by atoms with Gasteiger partial charge in [0.15, 0.2) is 11.7 Å². The molecule has 1 saturated heterocycles. The summed E-state index contributed by atoms with van der Waals surface area (Å²) >= 11 is 0. The lowest BCUT2D eigenvalue weighted by molar-refractivity contribution is 0.0657. The summed E-state index contributed by atoms with van der Waals surface area (Å²) in [4.78, 5) is 20.4. The Labute approximate surface area is 169 Å². The van der Waals surface area contributed by atoms with Crippen molar-refractivity contribution in [3.05, 3.63) is 59.8 Å². The average molecular weight is 472 g/mol. The molecule has 1 aromatic carbocycles. The summed E-state index contributed by atoms with van der Waals surface area (Å²) in [5.41, 5.74) is 0.854. The molecule has 8 heteroatoms. The van der Waals surface area contributed by atoms with Gasteiger partial charge in [-0.3, -0.25) is 9.79 Å². The molecule has 140 valence electrons. The van der Waals surface area contributed by atoms with Crippen molar-refractivity contribution < 1.29 is 13.6 Å². The first kappa shape index (κ1) is 20.2. The number of furan rings is 1. The number of nitrogens with zero attached hydrogens (tertiary/aromatic N) is 3. The number of nitrogens with one attached hydrogen (secondary N) is 1. The number of rotatable bonds is 3. The predicted octanol–water partition coefficient (Wildman–Crippen LogP) is 2.57. The summed E-state index contributed by atoms with van der Waals surface area (Å²) in [5, 5.41) is 3.24. The van der Waals surface area contributed by atoms with Crippen molar-refractivity contribution in [3.63, 3.8) is 0 Å². The minimum atomic E-state index is -0.251. The number of benzene rings is 1. The molecular formula is C18H22FIN4O2. The lowest BCUT2D eigenvalue weighted by atomic mass is 10.2. The van der Waals surface area contributed by atoms with E-state index in [9.17, 15) is 9.18 Å². The molecule has 0 aliphatic carbocycles. The van der Waals surface area contributed by atoms with E-state index in [1.54, 1.807) is 30.1 Å². The van der Waals surface area contributed by atoms with Crippen LogP contribution in [0.1, 0.15) is 16.1 Å². The van der Waals surface area contributed by atoms with Crippen LogP contribution in [0.2, 0.25) is 0 Å². The van der Waals surface area contributed by atoms with Crippen molar-refractivity contribution in [2.45, 2.75) is 6.54 Å². The molecule has 1 aromatic heterocycles. The first-order valence-electron chi connectivity index (χ1n) is 8.20. The molecule has 2 heterocycles. The molecule has 1 amide bonds. The molecule has 6 nitrogen and oxygen atoms in total. The Balaban J connectivity index is 0.00000243. The van der Waals surface area contributed by atoms with Gasteiger partial charge in [-0.15, -0.1) is 24.0 Å². The van der Waals surface area contributed by atoms with Gasteiger partial charge in [0.1, 0.15) is 5.82 Å². The smallest absolute Gasteiger partial charge is 0.289 e. The van der Waals surface area contributed by atoms with E-state index in [1.807, 2.05) is 6.07 Å². The maximum atomic E-state index is 13.2. The van der Waals surface area contributed by atoms with Gasteiger partial charge < -0.3 is 19.5 Å². The summed E-state index contributed by atoms with van der Waals surface area (Å²) in [6.07, 6.45) is 1.50.